The van der Waals surface area contributed by atoms with Crippen molar-refractivity contribution in [1.82, 2.24) is 5.32 Å². The van der Waals surface area contributed by atoms with Crippen molar-refractivity contribution >= 4 is 17.7 Å². The molecule has 11 heteroatoms. The highest BCUT2D eigenvalue weighted by atomic mass is 16.5. The largest absolute Gasteiger partial charge is 0.467 e. The number of ether oxygens (including phenoxy) is 1. The number of amides is 1. The molecule has 0 aromatic rings. The van der Waals surface area contributed by atoms with Crippen molar-refractivity contribution in [1.29, 1.82) is 0 Å². The van der Waals surface area contributed by atoms with Crippen LogP contribution in [-0.2, 0) is 19.1 Å². The Morgan fingerprint density at radius 1 is 0.719 bits per heavy atom. The maximum atomic E-state index is 10.7. The zero-order chi connectivity index (χ0) is 25.5. The number of esters is 1. The summed E-state index contributed by atoms with van der Waals surface area (Å²) in [6, 6.07) is 0. The third kappa shape index (κ3) is 42.5. The van der Waals surface area contributed by atoms with Crippen molar-refractivity contribution in [3.63, 3.8) is 0 Å². The van der Waals surface area contributed by atoms with E-state index in [9.17, 15) is 14.4 Å². The molecule has 0 saturated heterocycles. The van der Waals surface area contributed by atoms with Crippen LogP contribution in [0, 0.1) is 0 Å². The maximum absolute atomic E-state index is 10.7. The first-order valence-electron chi connectivity index (χ1n) is 11.0. The Bertz CT molecular complexity index is 365. The van der Waals surface area contributed by atoms with Gasteiger partial charge in [0, 0.05) is 20.1 Å². The molecule has 0 rings (SSSR count). The van der Waals surface area contributed by atoms with Gasteiger partial charge in [0.05, 0.1) is 7.11 Å². The van der Waals surface area contributed by atoms with Crippen LogP contribution in [0.1, 0.15) is 64.2 Å². The number of hydrogen-bond donors (Lipinski definition) is 7. The fourth-order valence-corrected chi connectivity index (χ4v) is 2.05. The molecule has 0 unspecified atom stereocenters. The molecule has 0 heterocycles. The van der Waals surface area contributed by atoms with Crippen LogP contribution in [0.3, 0.4) is 0 Å². The third-order valence-corrected chi connectivity index (χ3v) is 3.79. The summed E-state index contributed by atoms with van der Waals surface area (Å²) in [7, 11) is 2.22. The Kier molecular flexibility index (Phi) is 43.2. The first kappa shape index (κ1) is 37.7. The van der Waals surface area contributed by atoms with Gasteiger partial charge in [-0.1, -0.05) is 32.1 Å². The fraction of sp³-hybridized carbons (Fsp3) is 0.857. The summed E-state index contributed by atoms with van der Waals surface area (Å²) >= 11 is 0. The van der Waals surface area contributed by atoms with Crippen LogP contribution in [0.25, 0.3) is 0 Å². The van der Waals surface area contributed by atoms with Crippen LogP contribution in [0.2, 0.25) is 0 Å². The minimum Gasteiger partial charge on any atom is -0.467 e. The van der Waals surface area contributed by atoms with Crippen LogP contribution < -0.4 is 16.8 Å². The number of nitrogens with one attached hydrogen (secondary N) is 1. The normalized spacial score (nSPS) is 9.12. The van der Waals surface area contributed by atoms with Crippen LogP contribution in [0.4, 0.5) is 0 Å². The number of hydrogen-bond acceptors (Lipinski definition) is 10. The van der Waals surface area contributed by atoms with E-state index in [4.69, 9.17) is 31.9 Å². The van der Waals surface area contributed by atoms with E-state index in [-0.39, 0.29) is 18.3 Å². The van der Waals surface area contributed by atoms with Crippen LogP contribution >= 0.6 is 0 Å². The van der Waals surface area contributed by atoms with Crippen molar-refractivity contribution < 1.29 is 39.5 Å². The lowest BCUT2D eigenvalue weighted by molar-refractivity contribution is -0.143. The first-order chi connectivity index (χ1) is 15.4. The van der Waals surface area contributed by atoms with Crippen molar-refractivity contribution in [2.24, 2.45) is 11.5 Å². The van der Waals surface area contributed by atoms with Gasteiger partial charge in [-0.15, -0.1) is 0 Å². The molecule has 0 aliphatic carbocycles. The van der Waals surface area contributed by atoms with E-state index >= 15 is 0 Å². The van der Waals surface area contributed by atoms with Gasteiger partial charge in [-0.3, -0.25) is 9.59 Å². The van der Waals surface area contributed by atoms with E-state index in [0.29, 0.717) is 13.0 Å². The Hall–Kier alpha value is -1.63. The smallest absolute Gasteiger partial charge is 0.331 e. The molecule has 0 spiro atoms. The highest BCUT2D eigenvalue weighted by molar-refractivity contribution is 5.79. The zero-order valence-corrected chi connectivity index (χ0v) is 19.9. The van der Waals surface area contributed by atoms with Gasteiger partial charge in [-0.25, -0.2) is 4.79 Å². The number of nitrogens with two attached hydrogens (primary N) is 2. The Morgan fingerprint density at radius 3 is 1.56 bits per heavy atom. The molecule has 0 saturated carbocycles. The minimum atomic E-state index is -0.602. The van der Waals surface area contributed by atoms with Crippen molar-refractivity contribution in [2.45, 2.75) is 64.2 Å². The van der Waals surface area contributed by atoms with Crippen LogP contribution in [0.5, 0.6) is 0 Å². The summed E-state index contributed by atoms with van der Waals surface area (Å²) in [6.07, 6.45) is 9.95. The molecule has 32 heavy (non-hydrogen) atoms. The molecule has 0 aliphatic heterocycles. The number of Topliss-reactive ketones (excluding diaryl/α,β-unsaturated/α-hetero) is 1. The number of ketones is 1. The summed E-state index contributed by atoms with van der Waals surface area (Å²) in [5, 5.41) is 34.3. The Balaban J connectivity index is -0.000000204. The van der Waals surface area contributed by atoms with E-state index in [1.165, 1.54) is 20.0 Å². The van der Waals surface area contributed by atoms with E-state index in [1.54, 1.807) is 0 Å². The maximum Gasteiger partial charge on any atom is 0.331 e. The molecule has 0 aliphatic rings. The molecule has 0 aromatic carbocycles. The molecule has 0 radical (unpaired) electrons. The van der Waals surface area contributed by atoms with Gasteiger partial charge in [-0.2, -0.15) is 0 Å². The molecule has 0 aromatic heterocycles. The zero-order valence-electron chi connectivity index (χ0n) is 19.9. The molecule has 0 atom stereocenters. The molecular weight excluding hydrogens is 422 g/mol. The van der Waals surface area contributed by atoms with Crippen molar-refractivity contribution in [3.8, 4) is 0 Å². The minimum absolute atomic E-state index is 0.102. The summed E-state index contributed by atoms with van der Waals surface area (Å²) in [6.45, 7) is 0.900. The summed E-state index contributed by atoms with van der Waals surface area (Å²) in [5.74, 6) is -1.04. The summed E-state index contributed by atoms with van der Waals surface area (Å²) in [5.41, 5.74) is 10.6. The van der Waals surface area contributed by atoms with Gasteiger partial charge in [-0.05, 0) is 38.8 Å². The Labute approximate surface area is 192 Å². The molecule has 0 bridgehead atoms. The van der Waals surface area contributed by atoms with Gasteiger partial charge in [0.15, 0.2) is 5.78 Å². The number of methoxy groups -OCH3 is 1. The molecule has 9 N–H and O–H groups in total. The molecule has 11 nitrogen and oxygen atoms in total. The van der Waals surface area contributed by atoms with Crippen LogP contribution in [-0.4, -0.2) is 91.8 Å². The second-order valence-corrected chi connectivity index (χ2v) is 6.45. The van der Waals surface area contributed by atoms with Gasteiger partial charge in [0.25, 0.3) is 0 Å². The molecule has 1 amide bonds. The predicted octanol–water partition coefficient (Wildman–Crippen LogP) is -0.779. The second kappa shape index (κ2) is 36.7. The van der Waals surface area contributed by atoms with Gasteiger partial charge < -0.3 is 41.9 Å². The fourth-order valence-electron chi connectivity index (χ4n) is 2.05. The highest BCUT2D eigenvalue weighted by Crippen LogP contribution is 2.05. The number of aliphatic hydroxyl groups is 4. The number of rotatable bonds is 16. The Morgan fingerprint density at radius 2 is 1.19 bits per heavy atom. The molecule has 0 fully saturated rings. The lowest BCUT2D eigenvalue weighted by Crippen LogP contribution is -2.26. The number of aliphatic hydroxyl groups excluding tert-OH is 4. The lowest BCUT2D eigenvalue weighted by Gasteiger charge is -2.03. The molecular formula is C21H47N3O8. The van der Waals surface area contributed by atoms with E-state index in [2.05, 4.69) is 10.1 Å². The van der Waals surface area contributed by atoms with Gasteiger partial charge >= 0.3 is 5.97 Å². The van der Waals surface area contributed by atoms with Crippen molar-refractivity contribution in [3.05, 3.63) is 0 Å². The average Bonchev–Trinajstić information content (AvgIpc) is 2.84. The molecule has 194 valence electrons. The first-order valence-corrected chi connectivity index (χ1v) is 11.0. The summed E-state index contributed by atoms with van der Waals surface area (Å²) < 4.78 is 4.01. The monoisotopic (exact) mass is 469 g/mol. The number of carbonyl (C=O) groups excluding carboxylic acids is 3. The topological polar surface area (TPSA) is 205 Å². The van der Waals surface area contributed by atoms with Gasteiger partial charge in [0.2, 0.25) is 5.91 Å². The standard InChI is InChI=1S/C11H21NO4.C6H16N2.C3H6O3.CH4O/c13-8-10(15)6-4-2-1-3-5-7-12-11(16)9-14;7-5-3-1-2-4-6-8;1-6-3(5)2-4;1-2/h13-14H,1-9H2,(H,12,16);1-8H2;4H,2H2,1H3;2H,1H3. The summed E-state index contributed by atoms with van der Waals surface area (Å²) in [4.78, 5) is 31.1. The highest BCUT2D eigenvalue weighted by Gasteiger charge is 1.99. The van der Waals surface area contributed by atoms with E-state index in [0.717, 1.165) is 65.1 Å². The quantitative estimate of drug-likeness (QED) is 0.111. The van der Waals surface area contributed by atoms with Crippen molar-refractivity contribution in [2.75, 3.05) is 53.7 Å². The number of unbranched alkanes of at least 4 members (excludes halogenated alkanes) is 7. The SMILES string of the molecule is CO.COC(=O)CO.NCCCCCCN.O=C(CO)CCCCCCCNC(=O)CO. The van der Waals surface area contributed by atoms with E-state index < -0.39 is 19.2 Å². The second-order valence-electron chi connectivity index (χ2n) is 6.45. The van der Waals surface area contributed by atoms with Gasteiger partial charge in [0.1, 0.15) is 19.8 Å². The predicted molar refractivity (Wildman–Crippen MR) is 124 cm³/mol. The van der Waals surface area contributed by atoms with Crippen LogP contribution in [0.15, 0.2) is 0 Å². The van der Waals surface area contributed by atoms with E-state index in [1.807, 2.05) is 0 Å². The third-order valence-electron chi connectivity index (χ3n) is 3.79. The average molecular weight is 470 g/mol. The number of carbonyl (C=O) groups is 3. The lowest BCUT2D eigenvalue weighted by atomic mass is 10.1.